The van der Waals surface area contributed by atoms with Crippen molar-refractivity contribution >= 4 is 11.6 Å². The third-order valence-electron chi connectivity index (χ3n) is 4.35. The largest absolute Gasteiger partial charge is 0.497 e. The highest BCUT2D eigenvalue weighted by Gasteiger charge is 2.17. The summed E-state index contributed by atoms with van der Waals surface area (Å²) in [6.07, 6.45) is 0. The summed E-state index contributed by atoms with van der Waals surface area (Å²) in [5.74, 6) is 1.41. The fourth-order valence-corrected chi connectivity index (χ4v) is 2.99. The van der Waals surface area contributed by atoms with Gasteiger partial charge in [0.2, 0.25) is 0 Å². The van der Waals surface area contributed by atoms with E-state index in [9.17, 15) is 4.79 Å². The number of anilines is 1. The first-order valence-electron chi connectivity index (χ1n) is 8.32. The molecule has 0 bridgehead atoms. The maximum atomic E-state index is 12.7. The second-order valence-corrected chi connectivity index (χ2v) is 6.00. The lowest BCUT2D eigenvalue weighted by molar-refractivity contribution is 0.102. The minimum absolute atomic E-state index is 0.136. The van der Waals surface area contributed by atoms with Gasteiger partial charge < -0.3 is 19.4 Å². The van der Waals surface area contributed by atoms with Gasteiger partial charge in [0.15, 0.2) is 0 Å². The number of aromatic nitrogens is 1. The molecule has 5 nitrogen and oxygen atoms in total. The Morgan fingerprint density at radius 3 is 1.96 bits per heavy atom. The molecule has 0 aliphatic heterocycles. The van der Waals surface area contributed by atoms with E-state index in [1.54, 1.807) is 14.2 Å². The van der Waals surface area contributed by atoms with Gasteiger partial charge in [-0.15, -0.1) is 0 Å². The monoisotopic (exact) mass is 350 g/mol. The Balaban J connectivity index is 1.87. The molecule has 1 aromatic heterocycles. The summed E-state index contributed by atoms with van der Waals surface area (Å²) in [5.41, 5.74) is 4.25. The van der Waals surface area contributed by atoms with Crippen LogP contribution in [0.15, 0.2) is 54.6 Å². The lowest BCUT2D eigenvalue weighted by atomic mass is 10.2. The van der Waals surface area contributed by atoms with E-state index in [1.807, 2.05) is 68.4 Å². The van der Waals surface area contributed by atoms with Crippen molar-refractivity contribution in [2.45, 2.75) is 13.8 Å². The molecule has 0 saturated carbocycles. The van der Waals surface area contributed by atoms with Crippen LogP contribution in [0, 0.1) is 13.8 Å². The molecular formula is C21H22N2O3. The van der Waals surface area contributed by atoms with Gasteiger partial charge in [-0.05, 0) is 68.4 Å². The number of benzene rings is 2. The van der Waals surface area contributed by atoms with Gasteiger partial charge in [-0.2, -0.15) is 0 Å². The van der Waals surface area contributed by atoms with E-state index in [0.29, 0.717) is 5.56 Å². The molecule has 0 aliphatic carbocycles. The Kier molecular flexibility index (Phi) is 4.98. The minimum atomic E-state index is -0.136. The van der Waals surface area contributed by atoms with Crippen molar-refractivity contribution < 1.29 is 14.3 Å². The molecule has 0 radical (unpaired) electrons. The zero-order valence-corrected chi connectivity index (χ0v) is 15.4. The highest BCUT2D eigenvalue weighted by molar-refractivity contribution is 6.05. The fraction of sp³-hybridized carbons (Fsp3) is 0.190. The van der Waals surface area contributed by atoms with Crippen LogP contribution in [-0.4, -0.2) is 24.7 Å². The van der Waals surface area contributed by atoms with E-state index in [0.717, 1.165) is 34.3 Å². The molecular weight excluding hydrogens is 328 g/mol. The van der Waals surface area contributed by atoms with Crippen LogP contribution in [0.4, 0.5) is 5.69 Å². The van der Waals surface area contributed by atoms with Crippen LogP contribution in [0.2, 0.25) is 0 Å². The lowest BCUT2D eigenvalue weighted by Gasteiger charge is -2.11. The number of methoxy groups -OCH3 is 2. The highest BCUT2D eigenvalue weighted by Crippen LogP contribution is 2.24. The normalized spacial score (nSPS) is 10.5. The molecule has 1 heterocycles. The van der Waals surface area contributed by atoms with Crippen LogP contribution in [0.5, 0.6) is 11.5 Å². The quantitative estimate of drug-likeness (QED) is 0.744. The van der Waals surface area contributed by atoms with Gasteiger partial charge in [0.1, 0.15) is 11.5 Å². The van der Waals surface area contributed by atoms with Crippen molar-refractivity contribution in [1.29, 1.82) is 0 Å². The summed E-state index contributed by atoms with van der Waals surface area (Å²) in [6.45, 7) is 3.93. The first-order chi connectivity index (χ1) is 12.5. The van der Waals surface area contributed by atoms with Gasteiger partial charge in [0.25, 0.3) is 5.91 Å². The van der Waals surface area contributed by atoms with Crippen molar-refractivity contribution in [2.75, 3.05) is 19.5 Å². The number of rotatable bonds is 5. The Morgan fingerprint density at radius 2 is 1.42 bits per heavy atom. The zero-order chi connectivity index (χ0) is 18.7. The maximum absolute atomic E-state index is 12.7. The molecule has 0 aliphatic rings. The number of aryl methyl sites for hydroxylation is 1. The third-order valence-corrected chi connectivity index (χ3v) is 4.35. The van der Waals surface area contributed by atoms with E-state index < -0.39 is 0 Å². The number of nitrogens with one attached hydrogen (secondary N) is 1. The van der Waals surface area contributed by atoms with Crippen LogP contribution in [-0.2, 0) is 0 Å². The SMILES string of the molecule is COc1ccc(NC(=O)c2cc(C)n(-c3ccc(OC)cc3)c2C)cc1. The second-order valence-electron chi connectivity index (χ2n) is 6.00. The molecule has 3 aromatic rings. The first-order valence-corrected chi connectivity index (χ1v) is 8.32. The molecule has 134 valence electrons. The first kappa shape index (κ1) is 17.6. The van der Waals surface area contributed by atoms with E-state index in [-0.39, 0.29) is 5.91 Å². The molecule has 26 heavy (non-hydrogen) atoms. The van der Waals surface area contributed by atoms with Gasteiger partial charge in [-0.1, -0.05) is 0 Å². The van der Waals surface area contributed by atoms with Gasteiger partial charge in [-0.25, -0.2) is 0 Å². The smallest absolute Gasteiger partial charge is 0.257 e. The van der Waals surface area contributed by atoms with Crippen LogP contribution < -0.4 is 14.8 Å². The average Bonchev–Trinajstić information content (AvgIpc) is 2.97. The summed E-state index contributed by atoms with van der Waals surface area (Å²) < 4.78 is 12.4. The zero-order valence-electron chi connectivity index (χ0n) is 15.4. The molecule has 0 saturated heterocycles. The molecule has 0 fully saturated rings. The summed E-state index contributed by atoms with van der Waals surface area (Å²) in [7, 11) is 3.25. The average molecular weight is 350 g/mol. The molecule has 0 unspecified atom stereocenters. The molecule has 5 heteroatoms. The van der Waals surface area contributed by atoms with E-state index in [2.05, 4.69) is 9.88 Å². The summed E-state index contributed by atoms with van der Waals surface area (Å²) in [6, 6.07) is 16.9. The van der Waals surface area contributed by atoms with Gasteiger partial charge >= 0.3 is 0 Å². The van der Waals surface area contributed by atoms with Gasteiger partial charge in [0, 0.05) is 22.8 Å². The van der Waals surface area contributed by atoms with Crippen LogP contribution in [0.3, 0.4) is 0 Å². The molecule has 0 atom stereocenters. The Bertz CT molecular complexity index is 910. The number of carbonyl (C=O) groups excluding carboxylic acids is 1. The van der Waals surface area contributed by atoms with Gasteiger partial charge in [-0.3, -0.25) is 4.79 Å². The van der Waals surface area contributed by atoms with Crippen LogP contribution >= 0.6 is 0 Å². The highest BCUT2D eigenvalue weighted by atomic mass is 16.5. The van der Waals surface area contributed by atoms with Crippen molar-refractivity contribution in [2.24, 2.45) is 0 Å². The minimum Gasteiger partial charge on any atom is -0.497 e. The van der Waals surface area contributed by atoms with Crippen LogP contribution in [0.1, 0.15) is 21.7 Å². The maximum Gasteiger partial charge on any atom is 0.257 e. The standard InChI is InChI=1S/C21H22N2O3/c1-14-13-20(21(24)22-16-5-9-18(25-3)10-6-16)15(2)23(14)17-7-11-19(26-4)12-8-17/h5-13H,1-4H3,(H,22,24). The predicted octanol–water partition coefficient (Wildman–Crippen LogP) is 4.36. The molecule has 3 rings (SSSR count). The number of hydrogen-bond donors (Lipinski definition) is 1. The van der Waals surface area contributed by atoms with Gasteiger partial charge in [0.05, 0.1) is 19.8 Å². The number of nitrogens with zero attached hydrogens (tertiary/aromatic N) is 1. The molecule has 1 amide bonds. The van der Waals surface area contributed by atoms with Crippen LogP contribution in [0.25, 0.3) is 5.69 Å². The summed E-state index contributed by atoms with van der Waals surface area (Å²) in [5, 5.41) is 2.93. The number of amides is 1. The number of ether oxygens (including phenoxy) is 2. The van der Waals surface area contributed by atoms with Crippen molar-refractivity contribution in [3.05, 3.63) is 71.5 Å². The summed E-state index contributed by atoms with van der Waals surface area (Å²) >= 11 is 0. The molecule has 0 spiro atoms. The number of carbonyl (C=O) groups is 1. The lowest BCUT2D eigenvalue weighted by Crippen LogP contribution is -2.13. The number of hydrogen-bond acceptors (Lipinski definition) is 3. The van der Waals surface area contributed by atoms with Crippen molar-refractivity contribution in [3.63, 3.8) is 0 Å². The molecule has 2 aromatic carbocycles. The fourth-order valence-electron chi connectivity index (χ4n) is 2.99. The molecule has 1 N–H and O–H groups in total. The van der Waals surface area contributed by atoms with E-state index >= 15 is 0 Å². The van der Waals surface area contributed by atoms with Crippen molar-refractivity contribution in [1.82, 2.24) is 4.57 Å². The second kappa shape index (κ2) is 7.35. The Hall–Kier alpha value is -3.21. The Morgan fingerprint density at radius 1 is 0.885 bits per heavy atom. The summed E-state index contributed by atoms with van der Waals surface area (Å²) in [4.78, 5) is 12.7. The Labute approximate surface area is 153 Å². The van der Waals surface area contributed by atoms with E-state index in [1.165, 1.54) is 0 Å². The third kappa shape index (κ3) is 3.42. The van der Waals surface area contributed by atoms with E-state index in [4.69, 9.17) is 9.47 Å². The van der Waals surface area contributed by atoms with Crippen molar-refractivity contribution in [3.8, 4) is 17.2 Å². The predicted molar refractivity (Wildman–Crippen MR) is 103 cm³/mol. The topological polar surface area (TPSA) is 52.5 Å².